The number of ether oxygens (including phenoxy) is 1. The van der Waals surface area contributed by atoms with Crippen molar-refractivity contribution in [2.24, 2.45) is 5.92 Å². The second kappa shape index (κ2) is 9.27. The molecule has 4 aromatic rings. The van der Waals surface area contributed by atoms with Crippen molar-refractivity contribution in [1.29, 1.82) is 0 Å². The number of rotatable bonds is 4. The first-order valence-corrected chi connectivity index (χ1v) is 11.1. The highest BCUT2D eigenvalue weighted by atomic mass is 16.5. The Bertz CT molecular complexity index is 1310. The third-order valence-electron chi connectivity index (χ3n) is 5.88. The largest absolute Gasteiger partial charge is 0.455 e. The highest BCUT2D eigenvalue weighted by Gasteiger charge is 2.40. The average molecular weight is 436 g/mol. The molecule has 1 aliphatic carbocycles. The van der Waals surface area contributed by atoms with Crippen LogP contribution in [0, 0.1) is 25.2 Å². The maximum absolute atomic E-state index is 5.88. The molecule has 6 rings (SSSR count). The fourth-order valence-electron chi connectivity index (χ4n) is 4.02. The van der Waals surface area contributed by atoms with Crippen LogP contribution >= 0.6 is 0 Å². The third-order valence-corrected chi connectivity index (χ3v) is 5.88. The SMILES string of the molecule is C#Cc1nc(Nc2ccc(Oc3cccnc3)c(C)c2)c2ccccc2n1.C1CC2CC2N1. The number of benzene rings is 2. The second-order valence-electron chi connectivity index (χ2n) is 8.30. The average Bonchev–Trinajstić information content (AvgIpc) is 3.45. The van der Waals surface area contributed by atoms with Crippen LogP contribution in [0.3, 0.4) is 0 Å². The minimum atomic E-state index is 0.351. The quantitative estimate of drug-likeness (QED) is 0.428. The van der Waals surface area contributed by atoms with Crippen molar-refractivity contribution in [2.75, 3.05) is 11.9 Å². The molecule has 2 aliphatic rings. The Morgan fingerprint density at radius 2 is 2.03 bits per heavy atom. The van der Waals surface area contributed by atoms with Crippen molar-refractivity contribution < 1.29 is 4.74 Å². The molecule has 0 radical (unpaired) electrons. The van der Waals surface area contributed by atoms with E-state index in [0.717, 1.165) is 39.9 Å². The van der Waals surface area contributed by atoms with Gasteiger partial charge < -0.3 is 15.4 Å². The van der Waals surface area contributed by atoms with Gasteiger partial charge in [0.1, 0.15) is 17.3 Å². The molecule has 1 saturated carbocycles. The number of terminal acetylenes is 1. The maximum atomic E-state index is 5.88. The van der Waals surface area contributed by atoms with Gasteiger partial charge in [-0.2, -0.15) is 0 Å². The summed E-state index contributed by atoms with van der Waals surface area (Å²) < 4.78 is 5.88. The van der Waals surface area contributed by atoms with Gasteiger partial charge in [-0.05, 0) is 86.2 Å². The molecule has 164 valence electrons. The zero-order chi connectivity index (χ0) is 22.6. The van der Waals surface area contributed by atoms with Crippen molar-refractivity contribution in [2.45, 2.75) is 25.8 Å². The molecular weight excluding hydrogens is 410 g/mol. The predicted molar refractivity (Wildman–Crippen MR) is 131 cm³/mol. The number of anilines is 2. The number of nitrogens with one attached hydrogen (secondary N) is 2. The molecule has 0 spiro atoms. The van der Waals surface area contributed by atoms with Crippen molar-refractivity contribution in [3.05, 3.63) is 78.4 Å². The molecular formula is C27H25N5O. The Morgan fingerprint density at radius 1 is 1.12 bits per heavy atom. The molecule has 3 heterocycles. The molecule has 1 saturated heterocycles. The van der Waals surface area contributed by atoms with Gasteiger partial charge in [0.2, 0.25) is 5.82 Å². The van der Waals surface area contributed by atoms with Crippen LogP contribution in [0.15, 0.2) is 67.0 Å². The summed E-state index contributed by atoms with van der Waals surface area (Å²) in [4.78, 5) is 12.9. The van der Waals surface area contributed by atoms with E-state index in [1.165, 1.54) is 19.4 Å². The van der Waals surface area contributed by atoms with Gasteiger partial charge in [0, 0.05) is 23.3 Å². The van der Waals surface area contributed by atoms with Crippen molar-refractivity contribution in [3.63, 3.8) is 0 Å². The predicted octanol–water partition coefficient (Wildman–Crippen LogP) is 5.22. The molecule has 0 amide bonds. The molecule has 2 aromatic heterocycles. The standard InChI is InChI=1S/C22H16N4O.C5H9N/c1-3-21-25-19-9-5-4-8-18(19)22(26-21)24-16-10-11-20(15(2)13-16)27-17-7-6-12-23-14-17;1-2-6-5-3-4(1)5/h1,4-14H,2H3,(H,24,25,26);4-6H,1-3H2. The summed E-state index contributed by atoms with van der Waals surface area (Å²) in [7, 11) is 0. The van der Waals surface area contributed by atoms with Crippen LogP contribution in [-0.4, -0.2) is 27.5 Å². The van der Waals surface area contributed by atoms with E-state index in [4.69, 9.17) is 11.2 Å². The molecule has 2 aromatic carbocycles. The van der Waals surface area contributed by atoms with Gasteiger partial charge in [0.25, 0.3) is 0 Å². The van der Waals surface area contributed by atoms with Gasteiger partial charge in [-0.1, -0.05) is 12.1 Å². The zero-order valence-electron chi connectivity index (χ0n) is 18.5. The number of nitrogens with zero attached hydrogens (tertiary/aromatic N) is 3. The van der Waals surface area contributed by atoms with Crippen LogP contribution in [0.5, 0.6) is 11.5 Å². The number of hydrogen-bond acceptors (Lipinski definition) is 6. The lowest BCUT2D eigenvalue weighted by Crippen LogP contribution is -2.10. The summed E-state index contributed by atoms with van der Waals surface area (Å²) in [5.41, 5.74) is 2.67. The van der Waals surface area contributed by atoms with E-state index in [1.54, 1.807) is 12.4 Å². The van der Waals surface area contributed by atoms with Gasteiger partial charge in [0.05, 0.1) is 11.7 Å². The van der Waals surface area contributed by atoms with Gasteiger partial charge in [-0.3, -0.25) is 4.98 Å². The normalized spacial score (nSPS) is 17.9. The highest BCUT2D eigenvalue weighted by molar-refractivity contribution is 5.91. The summed E-state index contributed by atoms with van der Waals surface area (Å²) in [6.07, 6.45) is 11.8. The molecule has 6 nitrogen and oxygen atoms in total. The van der Waals surface area contributed by atoms with Crippen molar-refractivity contribution in [3.8, 4) is 23.8 Å². The summed E-state index contributed by atoms with van der Waals surface area (Å²) in [6, 6.07) is 18.3. The fraction of sp³-hybridized carbons (Fsp3) is 0.222. The number of fused-ring (bicyclic) bond motifs is 2. The molecule has 6 heteroatoms. The van der Waals surface area contributed by atoms with Crippen LogP contribution < -0.4 is 15.4 Å². The van der Waals surface area contributed by atoms with Crippen LogP contribution in [0.25, 0.3) is 10.9 Å². The first kappa shape index (κ1) is 20.9. The summed E-state index contributed by atoms with van der Waals surface area (Å²) in [5.74, 6) is 6.10. The lowest BCUT2D eigenvalue weighted by atomic mass is 10.2. The van der Waals surface area contributed by atoms with Gasteiger partial charge in [-0.25, -0.2) is 9.97 Å². The first-order chi connectivity index (χ1) is 16.2. The van der Waals surface area contributed by atoms with Crippen LogP contribution in [-0.2, 0) is 0 Å². The first-order valence-electron chi connectivity index (χ1n) is 11.1. The molecule has 2 atom stereocenters. The Kier molecular flexibility index (Phi) is 5.88. The maximum Gasteiger partial charge on any atom is 0.207 e. The van der Waals surface area contributed by atoms with E-state index >= 15 is 0 Å². The minimum Gasteiger partial charge on any atom is -0.455 e. The smallest absolute Gasteiger partial charge is 0.207 e. The minimum absolute atomic E-state index is 0.351. The number of pyridine rings is 1. The molecule has 2 unspecified atom stereocenters. The number of aromatic nitrogens is 3. The van der Waals surface area contributed by atoms with Crippen molar-refractivity contribution >= 4 is 22.4 Å². The third kappa shape index (κ3) is 4.94. The van der Waals surface area contributed by atoms with Gasteiger partial charge in [0.15, 0.2) is 0 Å². The van der Waals surface area contributed by atoms with Gasteiger partial charge >= 0.3 is 0 Å². The second-order valence-corrected chi connectivity index (χ2v) is 8.30. The molecule has 2 fully saturated rings. The molecule has 33 heavy (non-hydrogen) atoms. The molecule has 1 aliphatic heterocycles. The number of aryl methyl sites for hydroxylation is 1. The van der Waals surface area contributed by atoms with E-state index in [1.807, 2.05) is 61.5 Å². The lowest BCUT2D eigenvalue weighted by Gasteiger charge is -2.12. The Morgan fingerprint density at radius 3 is 2.70 bits per heavy atom. The molecule has 0 bridgehead atoms. The molecule has 2 N–H and O–H groups in total. The topological polar surface area (TPSA) is 72.0 Å². The van der Waals surface area contributed by atoms with Crippen LogP contribution in [0.4, 0.5) is 11.5 Å². The van der Waals surface area contributed by atoms with E-state index in [9.17, 15) is 0 Å². The monoisotopic (exact) mass is 435 g/mol. The number of piperidine rings is 1. The van der Waals surface area contributed by atoms with Gasteiger partial charge in [-0.15, -0.1) is 6.42 Å². The zero-order valence-corrected chi connectivity index (χ0v) is 18.5. The Labute approximate surface area is 193 Å². The fourth-order valence-corrected chi connectivity index (χ4v) is 4.02. The Hall–Kier alpha value is -3.95. The van der Waals surface area contributed by atoms with Crippen molar-refractivity contribution in [1.82, 2.24) is 20.3 Å². The summed E-state index contributed by atoms with van der Waals surface area (Å²) in [5, 5.41) is 7.64. The summed E-state index contributed by atoms with van der Waals surface area (Å²) >= 11 is 0. The van der Waals surface area contributed by atoms with E-state index in [-0.39, 0.29) is 0 Å². The lowest BCUT2D eigenvalue weighted by molar-refractivity contribution is 0.476. The number of para-hydroxylation sites is 1. The summed E-state index contributed by atoms with van der Waals surface area (Å²) in [6.45, 7) is 3.27. The van der Waals surface area contributed by atoms with Crippen LogP contribution in [0.1, 0.15) is 24.2 Å². The van der Waals surface area contributed by atoms with E-state index in [2.05, 4.69) is 31.5 Å². The van der Waals surface area contributed by atoms with Crippen LogP contribution in [0.2, 0.25) is 0 Å². The van der Waals surface area contributed by atoms with E-state index < -0.39 is 0 Å². The Balaban J connectivity index is 0.000000324. The van der Waals surface area contributed by atoms with E-state index in [0.29, 0.717) is 17.4 Å². The highest BCUT2D eigenvalue weighted by Crippen LogP contribution is 2.37. The number of hydrogen-bond donors (Lipinski definition) is 2.